The van der Waals surface area contributed by atoms with E-state index in [1.54, 1.807) is 4.90 Å². The lowest BCUT2D eigenvalue weighted by Gasteiger charge is -2.39. The second-order valence-electron chi connectivity index (χ2n) is 9.02. The van der Waals surface area contributed by atoms with Gasteiger partial charge in [-0.25, -0.2) is 9.59 Å². The largest absolute Gasteiger partial charge is 0.476 e. The van der Waals surface area contributed by atoms with Gasteiger partial charge in [-0.15, -0.1) is 5.10 Å². The van der Waals surface area contributed by atoms with Crippen LogP contribution in [0.5, 0.6) is 0 Å². The molecule has 11 nitrogen and oxygen atoms in total. The van der Waals surface area contributed by atoms with Crippen molar-refractivity contribution in [3.8, 4) is 0 Å². The number of unbranched alkanes of at least 4 members (excludes halogenated alkanes) is 1. The predicted octanol–water partition coefficient (Wildman–Crippen LogP) is 2.39. The number of nitrogens with two attached hydrogens (primary N) is 2. The van der Waals surface area contributed by atoms with Gasteiger partial charge in [-0.3, -0.25) is 4.68 Å². The van der Waals surface area contributed by atoms with Gasteiger partial charge in [0.2, 0.25) is 0 Å². The number of hydrogen-bond donors (Lipinski definition) is 4. The van der Waals surface area contributed by atoms with Gasteiger partial charge in [0.25, 0.3) is 0 Å². The Bertz CT molecular complexity index is 996. The number of nitrogen functional groups attached to an aromatic ring is 1. The Morgan fingerprint density at radius 1 is 1.34 bits per heavy atom. The third kappa shape index (κ3) is 6.02. The van der Waals surface area contributed by atoms with Crippen LogP contribution in [0, 0.1) is 0 Å². The lowest BCUT2D eigenvalue weighted by Crippen LogP contribution is -2.50. The number of nitrogens with one attached hydrogen (secondary N) is 1. The van der Waals surface area contributed by atoms with E-state index in [1.165, 1.54) is 10.9 Å². The van der Waals surface area contributed by atoms with E-state index in [9.17, 15) is 9.59 Å². The van der Waals surface area contributed by atoms with Crippen LogP contribution in [0.1, 0.15) is 67.7 Å². The van der Waals surface area contributed by atoms with Crippen molar-refractivity contribution in [2.24, 2.45) is 5.73 Å². The number of rotatable bonds is 8. The fourth-order valence-electron chi connectivity index (χ4n) is 3.38. The normalized spacial score (nSPS) is 15.0. The number of aryl methyl sites for hydroxylation is 1. The fourth-order valence-corrected chi connectivity index (χ4v) is 3.38. The molecule has 0 aliphatic carbocycles. The highest BCUT2D eigenvalue weighted by Crippen LogP contribution is 2.30. The first-order valence-corrected chi connectivity index (χ1v) is 10.6. The number of allylic oxidation sites excluding steroid dienone is 1. The number of anilines is 1. The molecule has 1 aliphatic rings. The maximum atomic E-state index is 12.1. The molecule has 0 atom stereocenters. The van der Waals surface area contributed by atoms with Crippen molar-refractivity contribution in [3.63, 3.8) is 0 Å². The Labute approximate surface area is 186 Å². The Hall–Kier alpha value is -3.50. The maximum absolute atomic E-state index is 12.1. The summed E-state index contributed by atoms with van der Waals surface area (Å²) in [5, 5.41) is 16.2. The van der Waals surface area contributed by atoms with Gasteiger partial charge in [0.15, 0.2) is 5.69 Å². The van der Waals surface area contributed by atoms with Crippen molar-refractivity contribution in [1.82, 2.24) is 24.9 Å². The van der Waals surface area contributed by atoms with Gasteiger partial charge < -0.3 is 31.2 Å². The number of nitrogens with zero attached hydrogens (tertiary/aromatic N) is 4. The van der Waals surface area contributed by atoms with Crippen LogP contribution in [0.3, 0.4) is 0 Å². The number of aromatic amines is 1. The van der Waals surface area contributed by atoms with E-state index in [4.69, 9.17) is 21.3 Å². The van der Waals surface area contributed by atoms with E-state index in [0.29, 0.717) is 37.6 Å². The zero-order valence-electron chi connectivity index (χ0n) is 18.7. The maximum Gasteiger partial charge on any atom is 0.410 e. The van der Waals surface area contributed by atoms with Crippen LogP contribution in [0.2, 0.25) is 0 Å². The molecule has 3 rings (SSSR count). The van der Waals surface area contributed by atoms with E-state index in [2.05, 4.69) is 15.3 Å². The lowest BCUT2D eigenvalue weighted by molar-refractivity contribution is 0.00791. The summed E-state index contributed by atoms with van der Waals surface area (Å²) in [6.45, 7) is 7.28. The fraction of sp³-hybridized carbons (Fsp3) is 0.524. The van der Waals surface area contributed by atoms with E-state index >= 15 is 0 Å². The molecule has 1 fully saturated rings. The van der Waals surface area contributed by atoms with Crippen LogP contribution in [0.4, 0.5) is 10.6 Å². The van der Waals surface area contributed by atoms with Crippen LogP contribution in [-0.4, -0.2) is 60.7 Å². The van der Waals surface area contributed by atoms with Gasteiger partial charge in [0.1, 0.15) is 11.4 Å². The molecule has 1 amide bonds. The van der Waals surface area contributed by atoms with Crippen LogP contribution in [0.15, 0.2) is 18.0 Å². The summed E-state index contributed by atoms with van der Waals surface area (Å²) in [6.07, 6.45) is 5.24. The molecule has 0 aromatic carbocycles. The zero-order valence-corrected chi connectivity index (χ0v) is 18.7. The van der Waals surface area contributed by atoms with Crippen LogP contribution < -0.4 is 11.5 Å². The molecule has 32 heavy (non-hydrogen) atoms. The monoisotopic (exact) mass is 445 g/mol. The van der Waals surface area contributed by atoms with Gasteiger partial charge in [-0.1, -0.05) is 5.21 Å². The summed E-state index contributed by atoms with van der Waals surface area (Å²) < 4.78 is 6.90. The zero-order chi connectivity index (χ0) is 23.5. The molecular weight excluding hydrogens is 414 g/mol. The molecule has 0 saturated carbocycles. The molecule has 2 aromatic heterocycles. The topological polar surface area (TPSA) is 165 Å². The number of carbonyl (C=O) groups excluding carboxylic acids is 1. The van der Waals surface area contributed by atoms with Gasteiger partial charge in [-0.05, 0) is 52.2 Å². The number of likely N-dealkylation sites (tertiary alicyclic amines) is 1. The second kappa shape index (κ2) is 9.33. The molecule has 0 unspecified atom stereocenters. The number of carbonyl (C=O) groups is 2. The van der Waals surface area contributed by atoms with Crippen molar-refractivity contribution in [2.45, 2.75) is 58.1 Å². The molecule has 3 heterocycles. The first-order valence-electron chi connectivity index (χ1n) is 10.6. The lowest BCUT2D eigenvalue weighted by atomic mass is 9.96. The summed E-state index contributed by atoms with van der Waals surface area (Å²) in [4.78, 5) is 27.8. The summed E-state index contributed by atoms with van der Waals surface area (Å²) in [5.41, 5.74) is 14.2. The van der Waals surface area contributed by atoms with Crippen molar-refractivity contribution in [2.75, 3.05) is 18.8 Å². The number of H-pyrrole nitrogens is 1. The summed E-state index contributed by atoms with van der Waals surface area (Å²) in [7, 11) is 0. The van der Waals surface area contributed by atoms with Crippen molar-refractivity contribution in [1.29, 1.82) is 0 Å². The molecule has 174 valence electrons. The molecule has 11 heteroatoms. The van der Waals surface area contributed by atoms with E-state index in [1.807, 2.05) is 32.9 Å². The standard InChI is InChI=1S/C21H31N7O4/c1-21(2,3)32-20(31)27-10-14(11-27)16-9-13(18(23)24-16)8-15(22)6-4-5-7-28-12-17(19(29)30)25-26-28/h8-9,12,14,24H,4-7,10-11,22-23H2,1-3H3,(H,29,30)/b15-8-. The van der Waals surface area contributed by atoms with Crippen LogP contribution in [-0.2, 0) is 11.3 Å². The van der Waals surface area contributed by atoms with Crippen LogP contribution >= 0.6 is 0 Å². The third-order valence-electron chi connectivity index (χ3n) is 5.08. The van der Waals surface area contributed by atoms with Gasteiger partial charge in [0.05, 0.1) is 6.20 Å². The van der Waals surface area contributed by atoms with Crippen LogP contribution in [0.25, 0.3) is 6.08 Å². The summed E-state index contributed by atoms with van der Waals surface area (Å²) in [5.74, 6) is -0.361. The minimum Gasteiger partial charge on any atom is -0.476 e. The number of carboxylic acid groups (broad SMARTS) is 1. The van der Waals surface area contributed by atoms with E-state index < -0.39 is 11.6 Å². The highest BCUT2D eigenvalue weighted by molar-refractivity contribution is 5.84. The Kier molecular flexibility index (Phi) is 6.75. The number of aromatic nitrogens is 4. The highest BCUT2D eigenvalue weighted by atomic mass is 16.6. The first kappa shape index (κ1) is 23.2. The molecular formula is C21H31N7O4. The molecule has 0 spiro atoms. The Morgan fingerprint density at radius 2 is 2.06 bits per heavy atom. The number of ether oxygens (including phenoxy) is 1. The van der Waals surface area contributed by atoms with Crippen molar-refractivity contribution < 1.29 is 19.4 Å². The molecule has 1 saturated heterocycles. The number of amides is 1. The van der Waals surface area contributed by atoms with E-state index in [0.717, 1.165) is 24.1 Å². The quantitative estimate of drug-likeness (QED) is 0.450. The number of hydrogen-bond acceptors (Lipinski definition) is 7. The summed E-state index contributed by atoms with van der Waals surface area (Å²) >= 11 is 0. The number of carboxylic acids is 1. The smallest absolute Gasteiger partial charge is 0.410 e. The Morgan fingerprint density at radius 3 is 2.69 bits per heavy atom. The molecule has 0 radical (unpaired) electrons. The first-order chi connectivity index (χ1) is 15.0. The van der Waals surface area contributed by atoms with Gasteiger partial charge in [0, 0.05) is 42.5 Å². The van der Waals surface area contributed by atoms with Gasteiger partial charge in [-0.2, -0.15) is 0 Å². The minimum absolute atomic E-state index is 0.0659. The van der Waals surface area contributed by atoms with Gasteiger partial charge >= 0.3 is 12.1 Å². The minimum atomic E-state index is -1.09. The molecule has 0 bridgehead atoms. The Balaban J connectivity index is 1.46. The predicted molar refractivity (Wildman–Crippen MR) is 119 cm³/mol. The molecule has 6 N–H and O–H groups in total. The average Bonchev–Trinajstić information content (AvgIpc) is 3.23. The third-order valence-corrected chi connectivity index (χ3v) is 5.08. The van der Waals surface area contributed by atoms with Crippen molar-refractivity contribution >= 4 is 24.0 Å². The SMILES string of the molecule is CC(C)(C)OC(=O)N1CC(c2cc(/C=C(\N)CCCCn3cc(C(=O)O)nn3)c(N)[nH]2)C1. The molecule has 1 aliphatic heterocycles. The molecule has 2 aromatic rings. The summed E-state index contributed by atoms with van der Waals surface area (Å²) in [6, 6.07) is 1.97. The number of aromatic carboxylic acids is 1. The van der Waals surface area contributed by atoms with E-state index in [-0.39, 0.29) is 17.7 Å². The average molecular weight is 446 g/mol. The van der Waals surface area contributed by atoms with Crippen molar-refractivity contribution in [3.05, 3.63) is 34.9 Å². The second-order valence-corrected chi connectivity index (χ2v) is 9.02. The highest BCUT2D eigenvalue weighted by Gasteiger charge is 2.35.